The summed E-state index contributed by atoms with van der Waals surface area (Å²) in [6.45, 7) is 0.896. The van der Waals surface area contributed by atoms with Crippen LogP contribution in [0, 0.1) is 5.92 Å². The Balaban J connectivity index is 2.38. The van der Waals surface area contributed by atoms with Crippen LogP contribution < -0.4 is 0 Å². The largest absolute Gasteiger partial charge is 0.480 e. The highest BCUT2D eigenvalue weighted by Crippen LogP contribution is 2.13. The van der Waals surface area contributed by atoms with Crippen molar-refractivity contribution >= 4 is 35.8 Å². The van der Waals surface area contributed by atoms with Crippen LogP contribution in [0.1, 0.15) is 6.92 Å². The zero-order valence-electron chi connectivity index (χ0n) is 39.1. The van der Waals surface area contributed by atoms with E-state index in [0.717, 1.165) is 0 Å². The molecule has 0 amide bonds. The quantitative estimate of drug-likeness (QED) is 0.0383. The van der Waals surface area contributed by atoms with Crippen molar-refractivity contribution < 1.29 is 90.0 Å². The van der Waals surface area contributed by atoms with Gasteiger partial charge in [0, 0.05) is 150 Å². The Morgan fingerprint density at radius 2 is 0.603 bits per heavy atom. The van der Waals surface area contributed by atoms with E-state index >= 15 is 0 Å². The third kappa shape index (κ3) is 26.3. The molecule has 0 aliphatic carbocycles. The van der Waals surface area contributed by atoms with E-state index in [9.17, 15) is 90.0 Å². The fourth-order valence-electron chi connectivity index (χ4n) is 8.19. The molecule has 0 aromatic heterocycles. The fraction of sp³-hybridized carbons (Fsp3) is 0.854. The fourth-order valence-corrected chi connectivity index (χ4v) is 8.19. The first-order chi connectivity index (χ1) is 32.0. The molecular weight excluding hydrogens is 906 g/mol. The van der Waals surface area contributed by atoms with Gasteiger partial charge in [-0.2, -0.15) is 0 Å². The highest BCUT2D eigenvalue weighted by molar-refractivity contribution is 5.70. The summed E-state index contributed by atoms with van der Waals surface area (Å²) in [6, 6.07) is 0. The van der Waals surface area contributed by atoms with Crippen molar-refractivity contribution in [3.63, 3.8) is 0 Å². The number of β-amino-alcohol motifs (C(OH)–C–C–N with tert-alkyl or cyclic N) is 2. The summed E-state index contributed by atoms with van der Waals surface area (Å²) in [5, 5.41) is 123. The van der Waals surface area contributed by atoms with E-state index in [0.29, 0.717) is 0 Å². The molecule has 2 aliphatic rings. The number of hydrogen-bond acceptors (Lipinski definition) is 21. The Bertz CT molecular complexity index is 1380. The normalized spacial score (nSPS) is 21.5. The molecule has 68 heavy (non-hydrogen) atoms. The van der Waals surface area contributed by atoms with Crippen LogP contribution >= 0.6 is 0 Å². The number of carboxylic acid groups (broad SMARTS) is 6. The molecule has 12 N–H and O–H groups in total. The van der Waals surface area contributed by atoms with E-state index in [2.05, 4.69) is 0 Å². The van der Waals surface area contributed by atoms with Gasteiger partial charge in [-0.3, -0.25) is 72.9 Å². The maximum Gasteiger partial charge on any atom is 0.317 e. The van der Waals surface area contributed by atoms with Crippen molar-refractivity contribution in [1.29, 1.82) is 0 Å². The molecule has 27 nitrogen and oxygen atoms in total. The van der Waals surface area contributed by atoms with Crippen LogP contribution in [-0.4, -0.2) is 355 Å². The Morgan fingerprint density at radius 3 is 0.809 bits per heavy atom. The van der Waals surface area contributed by atoms with Gasteiger partial charge < -0.3 is 61.3 Å². The van der Waals surface area contributed by atoms with E-state index in [1.165, 1.54) is 11.8 Å². The summed E-state index contributed by atoms with van der Waals surface area (Å²) < 4.78 is 0. The van der Waals surface area contributed by atoms with Gasteiger partial charge in [0.2, 0.25) is 0 Å². The van der Waals surface area contributed by atoms with Crippen LogP contribution in [-0.2, 0) is 28.8 Å². The van der Waals surface area contributed by atoms with Crippen LogP contribution in [0.4, 0.5) is 0 Å². The number of carbonyl (C=O) groups is 6. The third-order valence-electron chi connectivity index (χ3n) is 11.9. The van der Waals surface area contributed by atoms with Crippen molar-refractivity contribution in [2.45, 2.75) is 37.4 Å². The molecule has 2 aliphatic heterocycles. The first kappa shape index (κ1) is 60.3. The topological polar surface area (TPSA) is 374 Å². The van der Waals surface area contributed by atoms with Crippen LogP contribution in [0.5, 0.6) is 0 Å². The van der Waals surface area contributed by atoms with Gasteiger partial charge in [-0.15, -0.1) is 0 Å². The minimum absolute atomic E-state index is 0.0583. The van der Waals surface area contributed by atoms with Crippen molar-refractivity contribution in [3.05, 3.63) is 0 Å². The molecule has 2 fully saturated rings. The highest BCUT2D eigenvalue weighted by atomic mass is 16.4. The molecule has 0 aromatic rings. The van der Waals surface area contributed by atoms with Gasteiger partial charge in [-0.1, -0.05) is 6.92 Å². The number of hydrogen-bond donors (Lipinski definition) is 12. The zero-order chi connectivity index (χ0) is 50.9. The average molecular weight is 984 g/mol. The van der Waals surface area contributed by atoms with Crippen LogP contribution in [0.3, 0.4) is 0 Å². The molecule has 394 valence electrons. The monoisotopic (exact) mass is 984 g/mol. The van der Waals surface area contributed by atoms with Crippen molar-refractivity contribution in [2.75, 3.05) is 183 Å². The molecule has 2 saturated heterocycles. The van der Waals surface area contributed by atoms with Gasteiger partial charge in [-0.25, -0.2) is 0 Å². The number of aliphatic hydroxyl groups is 6. The predicted molar refractivity (Wildman–Crippen MR) is 240 cm³/mol. The zero-order valence-corrected chi connectivity index (χ0v) is 39.1. The molecule has 2 rings (SSSR count). The van der Waals surface area contributed by atoms with Gasteiger partial charge >= 0.3 is 35.8 Å². The van der Waals surface area contributed by atoms with Gasteiger partial charge in [0.15, 0.2) is 0 Å². The van der Waals surface area contributed by atoms with Crippen molar-refractivity contribution in [1.82, 2.24) is 44.1 Å². The molecular formula is C41H77N9O18. The van der Waals surface area contributed by atoms with E-state index in [1.54, 1.807) is 39.2 Å². The van der Waals surface area contributed by atoms with Crippen LogP contribution in [0.25, 0.3) is 0 Å². The Labute approximate surface area is 396 Å². The molecule has 6 unspecified atom stereocenters. The average Bonchev–Trinajstić information content (AvgIpc) is 3.23. The summed E-state index contributed by atoms with van der Waals surface area (Å²) in [7, 11) is 0. The summed E-state index contributed by atoms with van der Waals surface area (Å²) >= 11 is 0. The highest BCUT2D eigenvalue weighted by Gasteiger charge is 2.32. The van der Waals surface area contributed by atoms with Crippen LogP contribution in [0.15, 0.2) is 0 Å². The number of nitrogens with zero attached hydrogens (tertiary/aromatic N) is 9. The van der Waals surface area contributed by atoms with Gasteiger partial charge in [-0.05, 0) is 0 Å². The Kier molecular flexibility index (Phi) is 28.5. The second-order valence-electron chi connectivity index (χ2n) is 17.9. The van der Waals surface area contributed by atoms with E-state index in [4.69, 9.17) is 0 Å². The maximum absolute atomic E-state index is 11.8. The first-order valence-electron chi connectivity index (χ1n) is 22.9. The first-order valence-corrected chi connectivity index (χ1v) is 22.9. The molecule has 0 radical (unpaired) electrons. The SMILES string of the molecule is CC(CO)C(O)C(O)C(O)CN(CC(O)CN1CCN(CC(=O)O)CCN(CC(=O)O)CCN(CC(=O)O)CC1)CC(O)CN1CCN(CC(=O)O)CCN(CC(=O)O)CCN(CC(=O)O)CC1. The maximum atomic E-state index is 11.8. The molecule has 0 bridgehead atoms. The standard InChI is InChI=1S/C41H77N9O18/c1-30(29-51)40(67)41(68)33(54)22-50(20-31(52)18-42-2-6-44(23-34(55)56)10-14-48(27-38(63)64)15-11-45(7-3-42)24-35(57)58)21-32(53)19-43-4-8-46(25-36(59)60)12-16-49(28-39(65)66)17-13-47(9-5-43)26-37(61)62/h30-33,40-41,51-54,67-68H,2-29H2,1H3,(H,55,56)(H,57,58)(H,59,60)(H,61,62)(H,63,64)(H,65,66). The number of carboxylic acids is 6. The van der Waals surface area contributed by atoms with Gasteiger partial charge in [0.25, 0.3) is 0 Å². The predicted octanol–water partition coefficient (Wildman–Crippen LogP) is -7.33. The number of aliphatic carboxylic acids is 6. The lowest BCUT2D eigenvalue weighted by Crippen LogP contribution is -2.53. The Morgan fingerprint density at radius 1 is 0.382 bits per heavy atom. The van der Waals surface area contributed by atoms with E-state index in [-0.39, 0.29) is 177 Å². The van der Waals surface area contributed by atoms with Gasteiger partial charge in [0.1, 0.15) is 6.10 Å². The lowest BCUT2D eigenvalue weighted by atomic mass is 9.96. The number of aliphatic hydroxyl groups excluding tert-OH is 6. The lowest BCUT2D eigenvalue weighted by molar-refractivity contribution is -0.140. The van der Waals surface area contributed by atoms with E-state index in [1.807, 2.05) is 0 Å². The van der Waals surface area contributed by atoms with Gasteiger partial charge in [0.05, 0.1) is 63.7 Å². The molecule has 6 atom stereocenters. The molecule has 0 aromatic carbocycles. The smallest absolute Gasteiger partial charge is 0.317 e. The molecule has 0 saturated carbocycles. The summed E-state index contributed by atoms with van der Waals surface area (Å²) in [6.07, 6.45) is -7.41. The van der Waals surface area contributed by atoms with Crippen molar-refractivity contribution in [2.24, 2.45) is 5.92 Å². The summed E-state index contributed by atoms with van der Waals surface area (Å²) in [5.74, 6) is -7.45. The Hall–Kier alpha value is -3.78. The second kappa shape index (κ2) is 32.2. The number of rotatable bonds is 26. The summed E-state index contributed by atoms with van der Waals surface area (Å²) in [5.41, 5.74) is 0. The van der Waals surface area contributed by atoms with E-state index < -0.39 is 78.9 Å². The van der Waals surface area contributed by atoms with Crippen LogP contribution in [0.2, 0.25) is 0 Å². The summed E-state index contributed by atoms with van der Waals surface area (Å²) in [4.78, 5) is 85.1. The molecule has 27 heteroatoms. The second-order valence-corrected chi connectivity index (χ2v) is 17.9. The lowest BCUT2D eigenvalue weighted by Gasteiger charge is -2.36. The third-order valence-corrected chi connectivity index (χ3v) is 11.9. The molecule has 0 spiro atoms. The molecule has 2 heterocycles. The minimum Gasteiger partial charge on any atom is -0.480 e. The minimum atomic E-state index is -1.75. The van der Waals surface area contributed by atoms with Crippen molar-refractivity contribution in [3.8, 4) is 0 Å².